The molecule has 0 fully saturated rings. The van der Waals surface area contributed by atoms with Crippen LogP contribution in [0.2, 0.25) is 5.02 Å². The molecule has 3 aromatic heterocycles. The average molecular weight is 456 g/mol. The van der Waals surface area contributed by atoms with E-state index in [1.165, 1.54) is 14.2 Å². The van der Waals surface area contributed by atoms with Crippen LogP contribution in [-0.4, -0.2) is 58.0 Å². The lowest BCUT2D eigenvalue weighted by atomic mass is 10.2. The number of carbonyl (C=O) groups excluding carboxylic acids is 1. The third-order valence-corrected chi connectivity index (χ3v) is 5.33. The highest BCUT2D eigenvalue weighted by Crippen LogP contribution is 2.31. The second-order valence-electron chi connectivity index (χ2n) is 7.09. The summed E-state index contributed by atoms with van der Waals surface area (Å²) in [6.07, 6.45) is 0. The van der Waals surface area contributed by atoms with Crippen molar-refractivity contribution in [3.8, 4) is 23.1 Å². The van der Waals surface area contributed by atoms with Crippen molar-refractivity contribution in [2.24, 2.45) is 7.05 Å². The number of hydrogen-bond donors (Lipinski definition) is 0. The minimum absolute atomic E-state index is 0.0930. The Kier molecular flexibility index (Phi) is 6.11. The number of ketones is 1. The Hall–Kier alpha value is -3.43. The van der Waals surface area contributed by atoms with Crippen molar-refractivity contribution in [2.45, 2.75) is 6.54 Å². The van der Waals surface area contributed by atoms with E-state index < -0.39 is 0 Å². The molecule has 0 radical (unpaired) electrons. The van der Waals surface area contributed by atoms with Crippen molar-refractivity contribution in [2.75, 3.05) is 27.9 Å². The predicted molar refractivity (Wildman–Crippen MR) is 120 cm³/mol. The molecule has 9 nitrogen and oxygen atoms in total. The Bertz CT molecular complexity index is 1280. The van der Waals surface area contributed by atoms with Crippen LogP contribution < -0.4 is 9.47 Å². The number of ether oxygens (including phenoxy) is 3. The minimum Gasteiger partial charge on any atom is -0.497 e. The molecule has 0 aliphatic heterocycles. The topological polar surface area (TPSA) is 93.3 Å². The second kappa shape index (κ2) is 8.97. The number of pyridine rings is 1. The van der Waals surface area contributed by atoms with Crippen LogP contribution in [0.1, 0.15) is 16.2 Å². The fourth-order valence-corrected chi connectivity index (χ4v) is 3.65. The molecule has 166 valence electrons. The average Bonchev–Trinajstić information content (AvgIpc) is 3.35. The van der Waals surface area contributed by atoms with Gasteiger partial charge >= 0.3 is 0 Å². The summed E-state index contributed by atoms with van der Waals surface area (Å²) in [5, 5.41) is 5.03. The maximum absolute atomic E-state index is 12.7. The Morgan fingerprint density at radius 1 is 1.06 bits per heavy atom. The molecule has 1 aromatic carbocycles. The molecule has 0 N–H and O–H groups in total. The second-order valence-corrected chi connectivity index (χ2v) is 7.50. The zero-order valence-corrected chi connectivity index (χ0v) is 18.9. The van der Waals surface area contributed by atoms with E-state index in [0.29, 0.717) is 34.5 Å². The van der Waals surface area contributed by atoms with E-state index in [4.69, 9.17) is 25.8 Å². The number of halogens is 1. The monoisotopic (exact) mass is 455 g/mol. The fraction of sp³-hybridized carbons (Fsp3) is 0.273. The van der Waals surface area contributed by atoms with Crippen molar-refractivity contribution >= 4 is 28.4 Å². The van der Waals surface area contributed by atoms with Gasteiger partial charge in [0.1, 0.15) is 17.4 Å². The van der Waals surface area contributed by atoms with E-state index in [2.05, 4.69) is 15.1 Å². The largest absolute Gasteiger partial charge is 0.497 e. The van der Waals surface area contributed by atoms with E-state index in [1.54, 1.807) is 17.9 Å². The number of aromatic nitrogens is 5. The van der Waals surface area contributed by atoms with Gasteiger partial charge in [0.2, 0.25) is 11.7 Å². The third-order valence-electron chi connectivity index (χ3n) is 5.06. The van der Waals surface area contributed by atoms with Crippen LogP contribution in [0.4, 0.5) is 0 Å². The van der Waals surface area contributed by atoms with Gasteiger partial charge in [0.25, 0.3) is 0 Å². The Morgan fingerprint density at radius 2 is 1.81 bits per heavy atom. The summed E-state index contributed by atoms with van der Waals surface area (Å²) in [7, 11) is 6.46. The summed E-state index contributed by atoms with van der Waals surface area (Å²) in [4.78, 5) is 21.6. The number of aryl methyl sites for hydroxylation is 1. The van der Waals surface area contributed by atoms with Crippen molar-refractivity contribution in [1.82, 2.24) is 24.3 Å². The molecule has 0 bridgehead atoms. The zero-order valence-electron chi connectivity index (χ0n) is 18.1. The van der Waals surface area contributed by atoms with Crippen LogP contribution in [0.3, 0.4) is 0 Å². The first kappa shape index (κ1) is 21.8. The smallest absolute Gasteiger partial charge is 0.233 e. The first-order valence-electron chi connectivity index (χ1n) is 9.75. The SMILES string of the molecule is COCC(=O)c1nc(-c2cc3nc(OC)c(Cl)cc3n2C)nn1Cc1ccc(OC)cc1. The van der Waals surface area contributed by atoms with Crippen molar-refractivity contribution in [1.29, 1.82) is 0 Å². The number of carbonyl (C=O) groups is 1. The van der Waals surface area contributed by atoms with Gasteiger partial charge in [-0.1, -0.05) is 23.7 Å². The van der Waals surface area contributed by atoms with Crippen LogP contribution in [0.15, 0.2) is 36.4 Å². The molecule has 0 spiro atoms. The predicted octanol–water partition coefficient (Wildman–Crippen LogP) is 3.38. The van der Waals surface area contributed by atoms with E-state index in [-0.39, 0.29) is 18.2 Å². The van der Waals surface area contributed by atoms with Gasteiger partial charge in [-0.3, -0.25) is 4.79 Å². The number of benzene rings is 1. The number of fused-ring (bicyclic) bond motifs is 1. The van der Waals surface area contributed by atoms with E-state index >= 15 is 0 Å². The van der Waals surface area contributed by atoms with Crippen molar-refractivity contribution < 1.29 is 19.0 Å². The van der Waals surface area contributed by atoms with Gasteiger partial charge in [-0.25, -0.2) is 14.6 Å². The molecular formula is C22H22ClN5O4. The third kappa shape index (κ3) is 4.04. The van der Waals surface area contributed by atoms with Crippen LogP contribution in [0, 0.1) is 0 Å². The van der Waals surface area contributed by atoms with E-state index in [1.807, 2.05) is 41.9 Å². The summed E-state index contributed by atoms with van der Waals surface area (Å²) < 4.78 is 18.9. The molecule has 0 atom stereocenters. The minimum atomic E-state index is -0.263. The fourth-order valence-electron chi connectivity index (χ4n) is 3.43. The zero-order chi connectivity index (χ0) is 22.8. The molecular weight excluding hydrogens is 434 g/mol. The Labute approximate surface area is 189 Å². The van der Waals surface area contributed by atoms with Gasteiger partial charge in [-0.2, -0.15) is 0 Å². The number of Topliss-reactive ketones (excluding diaryl/α,β-unsaturated/α-hetero) is 1. The van der Waals surface area contributed by atoms with Crippen molar-refractivity contribution in [3.05, 3.63) is 52.8 Å². The van der Waals surface area contributed by atoms with Gasteiger partial charge in [0.05, 0.1) is 37.5 Å². The molecule has 4 rings (SSSR count). The normalized spacial score (nSPS) is 11.2. The van der Waals surface area contributed by atoms with Gasteiger partial charge in [-0.05, 0) is 29.8 Å². The lowest BCUT2D eigenvalue weighted by Crippen LogP contribution is -2.16. The maximum atomic E-state index is 12.7. The number of hydrogen-bond acceptors (Lipinski definition) is 7. The molecule has 0 unspecified atom stereocenters. The van der Waals surface area contributed by atoms with Crippen LogP contribution in [-0.2, 0) is 18.3 Å². The van der Waals surface area contributed by atoms with E-state index in [9.17, 15) is 4.79 Å². The van der Waals surface area contributed by atoms with Gasteiger partial charge in [-0.15, -0.1) is 5.10 Å². The number of nitrogens with zero attached hydrogens (tertiary/aromatic N) is 5. The Morgan fingerprint density at radius 3 is 2.47 bits per heavy atom. The number of rotatable bonds is 8. The highest BCUT2D eigenvalue weighted by atomic mass is 35.5. The summed E-state index contributed by atoms with van der Waals surface area (Å²) in [5.41, 5.74) is 3.11. The van der Waals surface area contributed by atoms with Gasteiger partial charge < -0.3 is 18.8 Å². The lowest BCUT2D eigenvalue weighted by molar-refractivity contribution is 0.0832. The molecule has 0 aliphatic rings. The molecule has 0 saturated carbocycles. The molecule has 0 aliphatic carbocycles. The number of methoxy groups -OCH3 is 3. The Balaban J connectivity index is 1.78. The van der Waals surface area contributed by atoms with E-state index in [0.717, 1.165) is 16.8 Å². The highest BCUT2D eigenvalue weighted by molar-refractivity contribution is 6.32. The van der Waals surface area contributed by atoms with Gasteiger partial charge in [0, 0.05) is 14.2 Å². The lowest BCUT2D eigenvalue weighted by Gasteiger charge is -2.06. The van der Waals surface area contributed by atoms with Crippen LogP contribution >= 0.6 is 11.6 Å². The standard InChI is InChI=1S/C22H22ClN5O4/c1-27-17-9-15(23)22(32-4)24-16(17)10-18(27)20-25-21(19(29)12-30-2)28(26-20)11-13-5-7-14(31-3)8-6-13/h5-10H,11-12H2,1-4H3. The quantitative estimate of drug-likeness (QED) is 0.376. The summed E-state index contributed by atoms with van der Waals surface area (Å²) in [5.74, 6) is 1.44. The van der Waals surface area contributed by atoms with Crippen molar-refractivity contribution in [3.63, 3.8) is 0 Å². The molecule has 32 heavy (non-hydrogen) atoms. The van der Waals surface area contributed by atoms with Crippen LogP contribution in [0.25, 0.3) is 22.6 Å². The first-order valence-corrected chi connectivity index (χ1v) is 10.1. The summed E-state index contributed by atoms with van der Waals surface area (Å²) >= 11 is 6.24. The molecule has 0 saturated heterocycles. The molecule has 10 heteroatoms. The van der Waals surface area contributed by atoms with Crippen LogP contribution in [0.5, 0.6) is 11.6 Å². The molecule has 0 amide bonds. The summed E-state index contributed by atoms with van der Waals surface area (Å²) in [6.45, 7) is 0.272. The first-order chi connectivity index (χ1) is 15.4. The molecule has 3 heterocycles. The highest BCUT2D eigenvalue weighted by Gasteiger charge is 2.21. The molecule has 4 aromatic rings. The maximum Gasteiger partial charge on any atom is 0.233 e. The van der Waals surface area contributed by atoms with Gasteiger partial charge in [0.15, 0.2) is 11.6 Å². The summed E-state index contributed by atoms with van der Waals surface area (Å²) in [6, 6.07) is 11.2.